The normalized spacial score (nSPS) is 12.8. The second-order valence-corrected chi connectivity index (χ2v) is 5.71. The first-order valence-corrected chi connectivity index (χ1v) is 6.24. The van der Waals surface area contributed by atoms with Crippen LogP contribution < -0.4 is 11.0 Å². The molecule has 20 heavy (non-hydrogen) atoms. The second-order valence-electron chi connectivity index (χ2n) is 5.71. The molecule has 7 nitrogen and oxygen atoms in total. The Bertz CT molecular complexity index is 572. The Balaban J connectivity index is 2.97. The highest BCUT2D eigenvalue weighted by Crippen LogP contribution is 2.18. The van der Waals surface area contributed by atoms with E-state index in [1.165, 1.54) is 6.07 Å². The van der Waals surface area contributed by atoms with Crippen molar-refractivity contribution in [3.63, 3.8) is 0 Å². The lowest BCUT2D eigenvalue weighted by molar-refractivity contribution is -0.137. The van der Waals surface area contributed by atoms with Crippen LogP contribution in [0, 0.1) is 0 Å². The third-order valence-electron chi connectivity index (χ3n) is 2.64. The van der Waals surface area contributed by atoms with E-state index in [-0.39, 0.29) is 17.5 Å². The summed E-state index contributed by atoms with van der Waals surface area (Å²) in [7, 11) is 0. The van der Waals surface area contributed by atoms with Crippen molar-refractivity contribution in [3.05, 3.63) is 27.9 Å². The summed E-state index contributed by atoms with van der Waals surface area (Å²) in [5.41, 5.74) is -0.359. The van der Waals surface area contributed by atoms with E-state index in [0.717, 1.165) is 0 Å². The van der Waals surface area contributed by atoms with E-state index in [0.29, 0.717) is 5.69 Å². The first-order valence-electron chi connectivity index (χ1n) is 6.24. The molecule has 1 rings (SSSR count). The molecule has 0 saturated heterocycles. The second kappa shape index (κ2) is 5.85. The molecule has 1 amide bonds. The molecule has 1 heterocycles. The molecule has 0 aliphatic rings. The Morgan fingerprint density at radius 2 is 2.05 bits per heavy atom. The predicted molar refractivity (Wildman–Crippen MR) is 72.7 cm³/mol. The Morgan fingerprint density at radius 3 is 2.55 bits per heavy atom. The van der Waals surface area contributed by atoms with Gasteiger partial charge in [0.15, 0.2) is 0 Å². The molecule has 0 saturated carbocycles. The van der Waals surface area contributed by atoms with E-state index >= 15 is 0 Å². The minimum Gasteiger partial charge on any atom is -0.481 e. The van der Waals surface area contributed by atoms with E-state index in [1.54, 1.807) is 6.92 Å². The van der Waals surface area contributed by atoms with Crippen LogP contribution in [0.1, 0.15) is 50.3 Å². The third-order valence-corrected chi connectivity index (χ3v) is 2.64. The summed E-state index contributed by atoms with van der Waals surface area (Å²) in [5, 5.41) is 11.1. The molecule has 0 aliphatic carbocycles. The van der Waals surface area contributed by atoms with Crippen molar-refractivity contribution in [2.24, 2.45) is 0 Å². The summed E-state index contributed by atoms with van der Waals surface area (Å²) < 4.78 is 0. The zero-order valence-electron chi connectivity index (χ0n) is 12.0. The molecule has 1 aromatic heterocycles. The van der Waals surface area contributed by atoms with Gasteiger partial charge in [-0.25, -0.2) is 4.79 Å². The van der Waals surface area contributed by atoms with Crippen LogP contribution in [-0.2, 0) is 10.2 Å². The SMILES string of the molecule is CC(CC(=O)O)NC(=O)c1cc(C(C)(C)C)[nH]c(=O)n1. The van der Waals surface area contributed by atoms with Crippen molar-refractivity contribution in [2.45, 2.75) is 45.6 Å². The number of aliphatic carboxylic acids is 1. The Kier molecular flexibility index (Phi) is 4.65. The van der Waals surface area contributed by atoms with Gasteiger partial charge in [0.1, 0.15) is 5.69 Å². The summed E-state index contributed by atoms with van der Waals surface area (Å²) in [6, 6.07) is 0.962. The highest BCUT2D eigenvalue weighted by Gasteiger charge is 2.20. The Labute approximate surface area is 116 Å². The van der Waals surface area contributed by atoms with Crippen molar-refractivity contribution in [3.8, 4) is 0 Å². The zero-order chi connectivity index (χ0) is 15.5. The molecule has 0 radical (unpaired) electrons. The van der Waals surface area contributed by atoms with E-state index in [4.69, 9.17) is 5.11 Å². The fraction of sp³-hybridized carbons (Fsp3) is 0.538. The molecule has 1 atom stereocenters. The zero-order valence-corrected chi connectivity index (χ0v) is 12.0. The Hall–Kier alpha value is -2.18. The number of carboxylic acids is 1. The molecule has 110 valence electrons. The molecular formula is C13H19N3O4. The minimum atomic E-state index is -1.01. The standard InChI is InChI=1S/C13H19N3O4/c1-7(5-10(17)18)14-11(19)8-6-9(13(2,3)4)16-12(20)15-8/h6-7H,5H2,1-4H3,(H,14,19)(H,17,18)(H,15,16,20). The van der Waals surface area contributed by atoms with E-state index in [1.807, 2.05) is 20.8 Å². The van der Waals surface area contributed by atoms with Crippen molar-refractivity contribution in [1.82, 2.24) is 15.3 Å². The van der Waals surface area contributed by atoms with Crippen molar-refractivity contribution in [2.75, 3.05) is 0 Å². The molecule has 0 bridgehead atoms. The lowest BCUT2D eigenvalue weighted by Gasteiger charge is -2.19. The number of nitrogens with one attached hydrogen (secondary N) is 2. The number of nitrogens with zero attached hydrogens (tertiary/aromatic N) is 1. The number of aromatic nitrogens is 2. The first-order chi connectivity index (χ1) is 9.09. The average molecular weight is 281 g/mol. The van der Waals surface area contributed by atoms with Gasteiger partial charge in [-0.3, -0.25) is 9.59 Å². The molecular weight excluding hydrogens is 262 g/mol. The van der Waals surface area contributed by atoms with Crippen LogP contribution in [0.4, 0.5) is 0 Å². The Morgan fingerprint density at radius 1 is 1.45 bits per heavy atom. The largest absolute Gasteiger partial charge is 0.481 e. The van der Waals surface area contributed by atoms with Crippen LogP contribution in [0.25, 0.3) is 0 Å². The summed E-state index contributed by atoms with van der Waals surface area (Å²) in [6.07, 6.45) is -0.193. The number of rotatable bonds is 4. The number of aromatic amines is 1. The molecule has 1 aromatic rings. The number of carbonyl (C=O) groups excluding carboxylic acids is 1. The quantitative estimate of drug-likeness (QED) is 0.750. The molecule has 3 N–H and O–H groups in total. The van der Waals surface area contributed by atoms with Crippen LogP contribution in [-0.4, -0.2) is 33.0 Å². The van der Waals surface area contributed by atoms with Gasteiger partial charge in [-0.05, 0) is 13.0 Å². The first kappa shape index (κ1) is 15.9. The number of hydrogen-bond donors (Lipinski definition) is 3. The van der Waals surface area contributed by atoms with Gasteiger partial charge in [-0.15, -0.1) is 0 Å². The molecule has 0 spiro atoms. The number of H-pyrrole nitrogens is 1. The maximum Gasteiger partial charge on any atom is 0.345 e. The van der Waals surface area contributed by atoms with Gasteiger partial charge in [0.25, 0.3) is 5.91 Å². The van der Waals surface area contributed by atoms with Crippen LogP contribution in [0.15, 0.2) is 10.9 Å². The van der Waals surface area contributed by atoms with E-state index in [9.17, 15) is 14.4 Å². The van der Waals surface area contributed by atoms with Gasteiger partial charge >= 0.3 is 11.7 Å². The predicted octanol–water partition coefficient (Wildman–Crippen LogP) is 0.660. The van der Waals surface area contributed by atoms with Crippen LogP contribution >= 0.6 is 0 Å². The number of carboxylic acid groups (broad SMARTS) is 1. The van der Waals surface area contributed by atoms with Crippen LogP contribution in [0.5, 0.6) is 0 Å². The van der Waals surface area contributed by atoms with Crippen molar-refractivity contribution >= 4 is 11.9 Å². The molecule has 0 fully saturated rings. The molecule has 7 heteroatoms. The fourth-order valence-electron chi connectivity index (χ4n) is 1.59. The smallest absolute Gasteiger partial charge is 0.345 e. The maximum atomic E-state index is 11.9. The third kappa shape index (κ3) is 4.49. The monoisotopic (exact) mass is 281 g/mol. The topological polar surface area (TPSA) is 112 Å². The van der Waals surface area contributed by atoms with Crippen LogP contribution in [0.3, 0.4) is 0 Å². The summed E-state index contributed by atoms with van der Waals surface area (Å²) in [5.74, 6) is -1.57. The van der Waals surface area contributed by atoms with Gasteiger partial charge in [-0.2, -0.15) is 4.98 Å². The minimum absolute atomic E-state index is 0.0177. The van der Waals surface area contributed by atoms with Crippen LogP contribution in [0.2, 0.25) is 0 Å². The van der Waals surface area contributed by atoms with Gasteiger partial charge < -0.3 is 15.4 Å². The maximum absolute atomic E-state index is 11.9. The van der Waals surface area contributed by atoms with Gasteiger partial charge in [0, 0.05) is 17.2 Å². The van der Waals surface area contributed by atoms with Gasteiger partial charge in [0.05, 0.1) is 6.42 Å². The fourth-order valence-corrected chi connectivity index (χ4v) is 1.59. The average Bonchev–Trinajstić information content (AvgIpc) is 2.25. The highest BCUT2D eigenvalue weighted by atomic mass is 16.4. The number of amides is 1. The number of carbonyl (C=O) groups is 2. The molecule has 0 aromatic carbocycles. The summed E-state index contributed by atoms with van der Waals surface area (Å²) >= 11 is 0. The van der Waals surface area contributed by atoms with Crippen molar-refractivity contribution < 1.29 is 14.7 Å². The summed E-state index contributed by atoms with van der Waals surface area (Å²) in [6.45, 7) is 7.26. The molecule has 0 aliphatic heterocycles. The summed E-state index contributed by atoms with van der Waals surface area (Å²) in [4.78, 5) is 40.2. The van der Waals surface area contributed by atoms with Gasteiger partial charge in [0.2, 0.25) is 0 Å². The van der Waals surface area contributed by atoms with Gasteiger partial charge in [-0.1, -0.05) is 20.8 Å². The number of hydrogen-bond acceptors (Lipinski definition) is 4. The lowest BCUT2D eigenvalue weighted by atomic mass is 9.91. The lowest BCUT2D eigenvalue weighted by Crippen LogP contribution is -2.36. The highest BCUT2D eigenvalue weighted by molar-refractivity contribution is 5.92. The molecule has 1 unspecified atom stereocenters. The van der Waals surface area contributed by atoms with E-state index < -0.39 is 23.6 Å². The van der Waals surface area contributed by atoms with Crippen molar-refractivity contribution in [1.29, 1.82) is 0 Å². The van der Waals surface area contributed by atoms with E-state index in [2.05, 4.69) is 15.3 Å².